The summed E-state index contributed by atoms with van der Waals surface area (Å²) in [7, 11) is 2.77. The van der Waals surface area contributed by atoms with E-state index in [9.17, 15) is 14.4 Å². The second-order valence-corrected chi connectivity index (χ2v) is 14.7. The van der Waals surface area contributed by atoms with E-state index in [0.717, 1.165) is 70.3 Å². The maximum Gasteiger partial charge on any atom is 0.407 e. The summed E-state index contributed by atoms with van der Waals surface area (Å²) in [5.74, 6) is 2.50. The predicted octanol–water partition coefficient (Wildman–Crippen LogP) is 7.62. The van der Waals surface area contributed by atoms with Crippen LogP contribution in [0.4, 0.5) is 10.5 Å². The molecule has 1 saturated heterocycles. The molecular weight excluding hydrogens is 695 g/mol. The van der Waals surface area contributed by atoms with Crippen molar-refractivity contribution in [3.05, 3.63) is 103 Å². The lowest BCUT2D eigenvalue weighted by Crippen LogP contribution is -2.54. The molecule has 8 rings (SSSR count). The van der Waals surface area contributed by atoms with Gasteiger partial charge in [0.1, 0.15) is 11.9 Å². The highest BCUT2D eigenvalue weighted by atomic mass is 16.5. The van der Waals surface area contributed by atoms with Crippen molar-refractivity contribution in [1.29, 1.82) is 0 Å². The van der Waals surface area contributed by atoms with E-state index in [1.54, 1.807) is 30.5 Å². The number of H-pyrrole nitrogens is 2. The molecule has 2 aliphatic carbocycles. The standard InChI is InChI=1S/C29H32N6O4.C14H17NO/c1-18(38-2)26(34-29(37)39-3)28(36)35-14-4-5-25(35)27-31-16-24(33-27)22-12-8-20(9-13-22)19-6-10-21(11-7-19)23-15-30-17-32-23;16-14(15-12-4-2-1-3-5-12)13-9-10-6-7-11(13)8-10/h6-13,15-18,25-26H,4-5,14H2,1-3H3,(H,30,32)(H,31,33)(H,34,37);1-5,10-11,13H,6-9H2,(H,15,16). The molecule has 3 fully saturated rings. The second kappa shape index (κ2) is 17.2. The zero-order valence-corrected chi connectivity index (χ0v) is 31.5. The van der Waals surface area contributed by atoms with Crippen molar-refractivity contribution in [3.63, 3.8) is 0 Å². The first kappa shape index (κ1) is 37.6. The normalized spacial score (nSPS) is 21.0. The summed E-state index contributed by atoms with van der Waals surface area (Å²) < 4.78 is 10.1. The number of aromatic nitrogens is 4. The molecule has 0 radical (unpaired) electrons. The molecule has 3 heterocycles. The van der Waals surface area contributed by atoms with E-state index in [1.165, 1.54) is 33.5 Å². The van der Waals surface area contributed by atoms with E-state index >= 15 is 0 Å². The van der Waals surface area contributed by atoms with E-state index in [0.29, 0.717) is 12.5 Å². The van der Waals surface area contributed by atoms with Crippen LogP contribution in [0, 0.1) is 17.8 Å². The molecule has 5 aromatic rings. The fourth-order valence-corrected chi connectivity index (χ4v) is 8.27. The minimum atomic E-state index is -0.862. The number of hydrogen-bond acceptors (Lipinski definition) is 7. The summed E-state index contributed by atoms with van der Waals surface area (Å²) in [5.41, 5.74) is 7.10. The van der Waals surface area contributed by atoms with Gasteiger partial charge in [0, 0.05) is 25.3 Å². The molecule has 12 nitrogen and oxygen atoms in total. The molecule has 4 N–H and O–H groups in total. The maximum atomic E-state index is 13.4. The van der Waals surface area contributed by atoms with Gasteiger partial charge >= 0.3 is 6.09 Å². The lowest BCUT2D eigenvalue weighted by Gasteiger charge is -2.30. The van der Waals surface area contributed by atoms with Crippen molar-refractivity contribution in [2.45, 2.75) is 63.6 Å². The number of nitrogens with one attached hydrogen (secondary N) is 4. The van der Waals surface area contributed by atoms with Crippen molar-refractivity contribution in [2.75, 3.05) is 26.1 Å². The highest BCUT2D eigenvalue weighted by molar-refractivity contribution is 5.93. The Morgan fingerprint density at radius 3 is 2.13 bits per heavy atom. The van der Waals surface area contributed by atoms with Crippen LogP contribution in [-0.2, 0) is 19.1 Å². The van der Waals surface area contributed by atoms with Gasteiger partial charge in [-0.1, -0.05) is 73.2 Å². The molecule has 12 heteroatoms. The van der Waals surface area contributed by atoms with Gasteiger partial charge in [-0.05, 0) is 85.3 Å². The molecular formula is C43H49N7O5. The molecule has 3 aromatic carbocycles. The Balaban J connectivity index is 0.000000240. The molecule has 2 saturated carbocycles. The molecule has 55 heavy (non-hydrogen) atoms. The molecule has 6 unspecified atom stereocenters. The average molecular weight is 744 g/mol. The quantitative estimate of drug-likeness (QED) is 0.115. The summed E-state index contributed by atoms with van der Waals surface area (Å²) in [6.07, 6.45) is 10.7. The van der Waals surface area contributed by atoms with E-state index in [4.69, 9.17) is 9.47 Å². The molecule has 2 bridgehead atoms. The molecule has 6 atom stereocenters. The van der Waals surface area contributed by atoms with Crippen molar-refractivity contribution in [3.8, 4) is 33.6 Å². The fourth-order valence-electron chi connectivity index (χ4n) is 8.27. The lowest BCUT2D eigenvalue weighted by atomic mass is 9.88. The number of amides is 3. The molecule has 3 aliphatic rings. The van der Waals surface area contributed by atoms with Gasteiger partial charge in [-0.3, -0.25) is 9.59 Å². The Bertz CT molecular complexity index is 2030. The lowest BCUT2D eigenvalue weighted by molar-refractivity contribution is -0.137. The zero-order valence-electron chi connectivity index (χ0n) is 31.5. The Labute approximate surface area is 321 Å². The minimum absolute atomic E-state index is 0.218. The number of rotatable bonds is 10. The largest absolute Gasteiger partial charge is 0.453 e. The van der Waals surface area contributed by atoms with Crippen molar-refractivity contribution < 1.29 is 23.9 Å². The van der Waals surface area contributed by atoms with E-state index in [-0.39, 0.29) is 23.8 Å². The smallest absolute Gasteiger partial charge is 0.407 e. The van der Waals surface area contributed by atoms with E-state index in [2.05, 4.69) is 79.1 Å². The highest BCUT2D eigenvalue weighted by Crippen LogP contribution is 2.48. The highest BCUT2D eigenvalue weighted by Gasteiger charge is 2.43. The van der Waals surface area contributed by atoms with Gasteiger partial charge in [-0.25, -0.2) is 14.8 Å². The van der Waals surface area contributed by atoms with Crippen molar-refractivity contribution >= 4 is 23.6 Å². The number of likely N-dealkylation sites (tertiary alicyclic amines) is 1. The monoisotopic (exact) mass is 743 g/mol. The number of anilines is 1. The number of nitrogens with zero attached hydrogens (tertiary/aromatic N) is 3. The minimum Gasteiger partial charge on any atom is -0.453 e. The SMILES string of the molecule is COC(=O)NC(C(=O)N1CCCC1c1ncc(-c2ccc(-c3ccc(-c4cnc[nH]4)cc3)cc2)[nH]1)C(C)OC.O=C(Nc1ccccc1)C1CC2CCC1C2. The number of benzene rings is 3. The number of aromatic amines is 2. The van der Waals surface area contributed by atoms with Gasteiger partial charge in [0.2, 0.25) is 11.8 Å². The van der Waals surface area contributed by atoms with Gasteiger partial charge in [0.05, 0.1) is 49.4 Å². The Morgan fingerprint density at radius 2 is 1.53 bits per heavy atom. The van der Waals surface area contributed by atoms with E-state index in [1.807, 2.05) is 30.3 Å². The van der Waals surface area contributed by atoms with Gasteiger partial charge in [0.25, 0.3) is 0 Å². The Kier molecular flexibility index (Phi) is 11.7. The number of hydrogen-bond donors (Lipinski definition) is 4. The van der Waals surface area contributed by atoms with Crippen LogP contribution in [0.3, 0.4) is 0 Å². The third-order valence-electron chi connectivity index (χ3n) is 11.4. The van der Waals surface area contributed by atoms with Gasteiger partial charge in [-0.15, -0.1) is 0 Å². The number of carbonyl (C=O) groups excluding carboxylic acids is 3. The topological polar surface area (TPSA) is 154 Å². The summed E-state index contributed by atoms with van der Waals surface area (Å²) in [6, 6.07) is 25.3. The number of fused-ring (bicyclic) bond motifs is 2. The first-order valence-electron chi connectivity index (χ1n) is 19.1. The van der Waals surface area contributed by atoms with Gasteiger partial charge in [-0.2, -0.15) is 0 Å². The number of para-hydroxylation sites is 1. The van der Waals surface area contributed by atoms with E-state index < -0.39 is 18.2 Å². The summed E-state index contributed by atoms with van der Waals surface area (Å²) in [6.45, 7) is 2.31. The fraction of sp³-hybridized carbons (Fsp3) is 0.372. The second-order valence-electron chi connectivity index (χ2n) is 14.7. The maximum absolute atomic E-state index is 13.4. The number of ether oxygens (including phenoxy) is 2. The number of carbonyl (C=O) groups is 3. The summed E-state index contributed by atoms with van der Waals surface area (Å²) in [5, 5.41) is 5.64. The van der Waals surface area contributed by atoms with Crippen LogP contribution in [-0.4, -0.2) is 75.7 Å². The van der Waals surface area contributed by atoms with Crippen LogP contribution < -0.4 is 10.6 Å². The molecule has 3 amide bonds. The summed E-state index contributed by atoms with van der Waals surface area (Å²) >= 11 is 0. The van der Waals surface area contributed by atoms with Crippen LogP contribution in [0.5, 0.6) is 0 Å². The average Bonchev–Trinajstić information content (AvgIpc) is 4.09. The van der Waals surface area contributed by atoms with Gasteiger partial charge < -0.3 is 35.0 Å². The first-order chi connectivity index (χ1) is 26.8. The Morgan fingerprint density at radius 1 is 0.836 bits per heavy atom. The Hall–Kier alpha value is -5.75. The summed E-state index contributed by atoms with van der Waals surface area (Å²) in [4.78, 5) is 54.4. The number of methoxy groups -OCH3 is 2. The van der Waals surface area contributed by atoms with Crippen LogP contribution >= 0.6 is 0 Å². The van der Waals surface area contributed by atoms with Crippen LogP contribution in [0.1, 0.15) is 57.3 Å². The van der Waals surface area contributed by atoms with Crippen LogP contribution in [0.15, 0.2) is 97.6 Å². The number of imidazole rings is 2. The first-order valence-corrected chi connectivity index (χ1v) is 19.1. The molecule has 1 aliphatic heterocycles. The van der Waals surface area contributed by atoms with Crippen molar-refractivity contribution in [2.24, 2.45) is 17.8 Å². The predicted molar refractivity (Wildman–Crippen MR) is 211 cm³/mol. The van der Waals surface area contributed by atoms with Crippen LogP contribution in [0.2, 0.25) is 0 Å². The third kappa shape index (κ3) is 8.65. The third-order valence-corrected chi connectivity index (χ3v) is 11.4. The van der Waals surface area contributed by atoms with Crippen LogP contribution in [0.25, 0.3) is 33.6 Å². The number of alkyl carbamates (subject to hydrolysis) is 1. The van der Waals surface area contributed by atoms with Gasteiger partial charge in [0.15, 0.2) is 0 Å². The van der Waals surface area contributed by atoms with Crippen molar-refractivity contribution in [1.82, 2.24) is 30.2 Å². The molecule has 2 aromatic heterocycles. The molecule has 286 valence electrons. The molecule has 0 spiro atoms. The zero-order chi connectivity index (χ0) is 38.3.